The summed E-state index contributed by atoms with van der Waals surface area (Å²) < 4.78 is 6.12. The number of nitrogens with one attached hydrogen (secondary N) is 2. The molecule has 5 nitrogen and oxygen atoms in total. The summed E-state index contributed by atoms with van der Waals surface area (Å²) in [6.07, 6.45) is 4.20. The summed E-state index contributed by atoms with van der Waals surface area (Å²) in [6.45, 7) is 6.77. The molecular formula is C24H31N3O2. The Labute approximate surface area is 173 Å². The summed E-state index contributed by atoms with van der Waals surface area (Å²) in [6, 6.07) is 16.1. The van der Waals surface area contributed by atoms with Gasteiger partial charge in [-0.05, 0) is 69.1 Å². The van der Waals surface area contributed by atoms with E-state index in [9.17, 15) is 4.79 Å². The summed E-state index contributed by atoms with van der Waals surface area (Å²) in [5.74, 6) is 0.823. The van der Waals surface area contributed by atoms with Gasteiger partial charge in [-0.25, -0.2) is 0 Å². The van der Waals surface area contributed by atoms with Crippen LogP contribution in [0.25, 0.3) is 11.1 Å². The second kappa shape index (κ2) is 10.1. The first kappa shape index (κ1) is 20.9. The van der Waals surface area contributed by atoms with Crippen LogP contribution in [-0.2, 0) is 4.79 Å². The number of rotatable bonds is 7. The highest BCUT2D eigenvalue weighted by Crippen LogP contribution is 2.25. The molecule has 1 heterocycles. The van der Waals surface area contributed by atoms with Crippen molar-refractivity contribution in [3.63, 3.8) is 0 Å². The summed E-state index contributed by atoms with van der Waals surface area (Å²) in [5, 5.41) is 5.96. The maximum atomic E-state index is 12.2. The first-order chi connectivity index (χ1) is 14.0. The molecule has 0 spiro atoms. The molecule has 2 aromatic carbocycles. The number of carbonyl (C=O) groups is 1. The fourth-order valence-corrected chi connectivity index (χ4v) is 3.32. The molecule has 2 N–H and O–H groups in total. The van der Waals surface area contributed by atoms with Crippen LogP contribution in [0.3, 0.4) is 0 Å². The van der Waals surface area contributed by atoms with E-state index in [1.54, 1.807) is 13.1 Å². The third-order valence-electron chi connectivity index (χ3n) is 5.18. The van der Waals surface area contributed by atoms with Crippen LogP contribution >= 0.6 is 0 Å². The van der Waals surface area contributed by atoms with E-state index in [0.29, 0.717) is 11.7 Å². The smallest absolute Gasteiger partial charge is 0.252 e. The van der Waals surface area contributed by atoms with Crippen LogP contribution in [0.2, 0.25) is 0 Å². The lowest BCUT2D eigenvalue weighted by atomic mass is 10.0. The second-order valence-corrected chi connectivity index (χ2v) is 7.56. The average molecular weight is 394 g/mol. The van der Waals surface area contributed by atoms with Crippen molar-refractivity contribution in [1.29, 1.82) is 0 Å². The Morgan fingerprint density at radius 3 is 2.24 bits per heavy atom. The lowest BCUT2D eigenvalue weighted by molar-refractivity contribution is -0.112. The Morgan fingerprint density at radius 1 is 1.07 bits per heavy atom. The fraction of sp³-hybridized carbons (Fsp3) is 0.375. The van der Waals surface area contributed by atoms with E-state index in [2.05, 4.69) is 34.7 Å². The Kier molecular flexibility index (Phi) is 7.30. The van der Waals surface area contributed by atoms with Crippen molar-refractivity contribution in [2.75, 3.05) is 32.0 Å². The minimum Gasteiger partial charge on any atom is -0.490 e. The van der Waals surface area contributed by atoms with E-state index in [1.165, 1.54) is 0 Å². The van der Waals surface area contributed by atoms with Crippen LogP contribution in [-0.4, -0.2) is 43.6 Å². The third kappa shape index (κ3) is 6.09. The molecular weight excluding hydrogens is 362 g/mol. The molecule has 0 unspecified atom stereocenters. The van der Waals surface area contributed by atoms with Gasteiger partial charge in [0.1, 0.15) is 11.9 Å². The topological polar surface area (TPSA) is 53.6 Å². The zero-order valence-corrected chi connectivity index (χ0v) is 17.6. The Bertz CT molecular complexity index is 820. The van der Waals surface area contributed by atoms with Gasteiger partial charge in [-0.15, -0.1) is 0 Å². The van der Waals surface area contributed by atoms with Crippen LogP contribution in [0, 0.1) is 0 Å². The summed E-state index contributed by atoms with van der Waals surface area (Å²) in [4.78, 5) is 14.5. The molecule has 0 atom stereocenters. The predicted octanol–water partition coefficient (Wildman–Crippen LogP) is 4.28. The molecule has 0 aliphatic carbocycles. The molecule has 1 fully saturated rings. The number of hydrogen-bond acceptors (Lipinski definition) is 4. The van der Waals surface area contributed by atoms with Gasteiger partial charge in [0.05, 0.1) is 0 Å². The highest BCUT2D eigenvalue weighted by molar-refractivity contribution is 6.03. The van der Waals surface area contributed by atoms with E-state index in [-0.39, 0.29) is 5.91 Å². The van der Waals surface area contributed by atoms with Gasteiger partial charge in [0.25, 0.3) is 5.91 Å². The second-order valence-electron chi connectivity index (χ2n) is 7.56. The normalized spacial score (nSPS) is 15.8. The highest BCUT2D eigenvalue weighted by Gasteiger charge is 2.17. The molecule has 1 amide bonds. The van der Waals surface area contributed by atoms with Crippen molar-refractivity contribution in [2.45, 2.75) is 32.8 Å². The van der Waals surface area contributed by atoms with Crippen LogP contribution in [0.5, 0.6) is 5.75 Å². The fourth-order valence-electron chi connectivity index (χ4n) is 3.32. The van der Waals surface area contributed by atoms with Gasteiger partial charge in [-0.2, -0.15) is 0 Å². The molecule has 0 aromatic heterocycles. The van der Waals surface area contributed by atoms with E-state index in [0.717, 1.165) is 55.0 Å². The SMILES string of the molecule is CCN/C=C(\C)C(=O)Nc1ccc(-c2ccc(OC3CCN(C)CC3)cc2)cc1. The molecule has 29 heavy (non-hydrogen) atoms. The average Bonchev–Trinajstić information content (AvgIpc) is 2.75. The van der Waals surface area contributed by atoms with E-state index >= 15 is 0 Å². The van der Waals surface area contributed by atoms with Crippen LogP contribution in [0.4, 0.5) is 5.69 Å². The van der Waals surface area contributed by atoms with Gasteiger partial charge in [-0.3, -0.25) is 4.79 Å². The van der Waals surface area contributed by atoms with Gasteiger partial charge in [0, 0.05) is 37.1 Å². The molecule has 154 valence electrons. The minimum absolute atomic E-state index is 0.103. The summed E-state index contributed by atoms with van der Waals surface area (Å²) in [7, 11) is 2.16. The molecule has 1 aliphatic heterocycles. The van der Waals surface area contributed by atoms with Crippen LogP contribution < -0.4 is 15.4 Å². The standard InChI is InChI=1S/C24H31N3O2/c1-4-25-17-18(2)24(28)26-21-9-5-19(6-10-21)20-7-11-22(12-8-20)29-23-13-15-27(3)16-14-23/h5-12,17,23,25H,4,13-16H2,1-3H3,(H,26,28)/b18-17+. The molecule has 0 radical (unpaired) electrons. The van der Waals surface area contributed by atoms with Gasteiger partial charge < -0.3 is 20.3 Å². The molecule has 3 rings (SSSR count). The first-order valence-corrected chi connectivity index (χ1v) is 10.3. The Balaban J connectivity index is 1.57. The first-order valence-electron chi connectivity index (χ1n) is 10.3. The number of piperidine rings is 1. The third-order valence-corrected chi connectivity index (χ3v) is 5.18. The molecule has 0 saturated carbocycles. The number of carbonyl (C=O) groups excluding carboxylic acids is 1. The molecule has 2 aromatic rings. The minimum atomic E-state index is -0.103. The van der Waals surface area contributed by atoms with Crippen molar-refractivity contribution in [3.05, 3.63) is 60.3 Å². The molecule has 1 aliphatic rings. The van der Waals surface area contributed by atoms with Gasteiger partial charge >= 0.3 is 0 Å². The quantitative estimate of drug-likeness (QED) is 0.690. The van der Waals surface area contributed by atoms with Crippen molar-refractivity contribution < 1.29 is 9.53 Å². The van der Waals surface area contributed by atoms with E-state index in [4.69, 9.17) is 4.74 Å². The number of likely N-dealkylation sites (tertiary alicyclic amines) is 1. The number of ether oxygens (including phenoxy) is 1. The Hall–Kier alpha value is -2.79. The largest absolute Gasteiger partial charge is 0.490 e. The lowest BCUT2D eigenvalue weighted by Gasteiger charge is -2.29. The maximum absolute atomic E-state index is 12.2. The van der Waals surface area contributed by atoms with Crippen LogP contribution in [0.1, 0.15) is 26.7 Å². The number of benzene rings is 2. The van der Waals surface area contributed by atoms with Crippen molar-refractivity contribution >= 4 is 11.6 Å². The summed E-state index contributed by atoms with van der Waals surface area (Å²) >= 11 is 0. The number of nitrogens with zero attached hydrogens (tertiary/aromatic N) is 1. The predicted molar refractivity (Wildman–Crippen MR) is 119 cm³/mol. The molecule has 0 bridgehead atoms. The number of hydrogen-bond donors (Lipinski definition) is 2. The van der Waals surface area contributed by atoms with Crippen molar-refractivity contribution in [1.82, 2.24) is 10.2 Å². The molecule has 1 saturated heterocycles. The molecule has 5 heteroatoms. The van der Waals surface area contributed by atoms with E-state index in [1.807, 2.05) is 43.3 Å². The number of amides is 1. The zero-order chi connectivity index (χ0) is 20.6. The Morgan fingerprint density at radius 2 is 1.66 bits per heavy atom. The van der Waals surface area contributed by atoms with Crippen molar-refractivity contribution in [2.24, 2.45) is 0 Å². The maximum Gasteiger partial charge on any atom is 0.252 e. The summed E-state index contributed by atoms with van der Waals surface area (Å²) in [5.41, 5.74) is 3.66. The van der Waals surface area contributed by atoms with Crippen LogP contribution in [0.15, 0.2) is 60.3 Å². The van der Waals surface area contributed by atoms with Gasteiger partial charge in [0.15, 0.2) is 0 Å². The monoisotopic (exact) mass is 393 g/mol. The van der Waals surface area contributed by atoms with Crippen molar-refractivity contribution in [3.8, 4) is 16.9 Å². The number of anilines is 1. The van der Waals surface area contributed by atoms with E-state index < -0.39 is 0 Å². The van der Waals surface area contributed by atoms with Gasteiger partial charge in [-0.1, -0.05) is 24.3 Å². The highest BCUT2D eigenvalue weighted by atomic mass is 16.5. The van der Waals surface area contributed by atoms with Gasteiger partial charge in [0.2, 0.25) is 0 Å². The zero-order valence-electron chi connectivity index (χ0n) is 17.6. The lowest BCUT2D eigenvalue weighted by Crippen LogP contribution is -2.35.